The van der Waals surface area contributed by atoms with Crippen LogP contribution in [0.4, 0.5) is 0 Å². The quantitative estimate of drug-likeness (QED) is 0.690. The SMILES string of the molecule is CC[C@H](N)C(=O)c1ccns1. The number of hydrogen-bond donors (Lipinski definition) is 1. The van der Waals surface area contributed by atoms with Gasteiger partial charge in [0, 0.05) is 6.20 Å². The van der Waals surface area contributed by atoms with Crippen LogP contribution in [-0.4, -0.2) is 16.2 Å². The molecule has 1 aromatic heterocycles. The highest BCUT2D eigenvalue weighted by molar-refractivity contribution is 7.08. The van der Waals surface area contributed by atoms with Crippen LogP contribution in [0.15, 0.2) is 12.3 Å². The van der Waals surface area contributed by atoms with Gasteiger partial charge in [-0.2, -0.15) is 0 Å². The van der Waals surface area contributed by atoms with Gasteiger partial charge >= 0.3 is 0 Å². The summed E-state index contributed by atoms with van der Waals surface area (Å²) >= 11 is 1.20. The number of carbonyl (C=O) groups excluding carboxylic acids is 1. The average molecular weight is 170 g/mol. The van der Waals surface area contributed by atoms with E-state index in [9.17, 15) is 4.79 Å². The maximum absolute atomic E-state index is 11.3. The Labute approximate surface area is 69.4 Å². The van der Waals surface area contributed by atoms with Crippen LogP contribution < -0.4 is 5.73 Å². The Kier molecular flexibility index (Phi) is 2.73. The normalized spacial score (nSPS) is 12.9. The highest BCUT2D eigenvalue weighted by Crippen LogP contribution is 2.08. The van der Waals surface area contributed by atoms with Gasteiger partial charge in [-0.1, -0.05) is 6.92 Å². The van der Waals surface area contributed by atoms with Crippen LogP contribution in [0.5, 0.6) is 0 Å². The zero-order valence-corrected chi connectivity index (χ0v) is 7.10. The summed E-state index contributed by atoms with van der Waals surface area (Å²) in [5.41, 5.74) is 5.54. The van der Waals surface area contributed by atoms with Gasteiger partial charge in [-0.05, 0) is 24.0 Å². The number of nitrogens with zero attached hydrogens (tertiary/aromatic N) is 1. The zero-order valence-electron chi connectivity index (χ0n) is 6.28. The average Bonchev–Trinajstić information content (AvgIpc) is 2.53. The topological polar surface area (TPSA) is 56.0 Å². The molecular weight excluding hydrogens is 160 g/mol. The molecule has 0 aliphatic carbocycles. The van der Waals surface area contributed by atoms with Crippen molar-refractivity contribution in [3.8, 4) is 0 Å². The number of ketones is 1. The predicted octanol–water partition coefficient (Wildman–Crippen LogP) is 1.06. The predicted molar refractivity (Wildman–Crippen MR) is 44.7 cm³/mol. The van der Waals surface area contributed by atoms with Gasteiger partial charge in [0.25, 0.3) is 0 Å². The van der Waals surface area contributed by atoms with Crippen molar-refractivity contribution in [2.24, 2.45) is 5.73 Å². The minimum absolute atomic E-state index is 0.00463. The van der Waals surface area contributed by atoms with Crippen molar-refractivity contribution < 1.29 is 4.79 Å². The maximum atomic E-state index is 11.3. The van der Waals surface area contributed by atoms with Gasteiger partial charge < -0.3 is 5.73 Å². The Bertz CT molecular complexity index is 233. The summed E-state index contributed by atoms with van der Waals surface area (Å²) < 4.78 is 3.83. The molecule has 0 saturated carbocycles. The third-order valence-corrected chi connectivity index (χ3v) is 2.22. The number of nitrogens with two attached hydrogens (primary N) is 1. The third kappa shape index (κ3) is 1.85. The third-order valence-electron chi connectivity index (χ3n) is 1.46. The summed E-state index contributed by atoms with van der Waals surface area (Å²) in [5, 5.41) is 0. The lowest BCUT2D eigenvalue weighted by Gasteiger charge is -2.03. The summed E-state index contributed by atoms with van der Waals surface area (Å²) in [6, 6.07) is 1.33. The first-order valence-corrected chi connectivity index (χ1v) is 4.23. The Morgan fingerprint density at radius 3 is 3.09 bits per heavy atom. The molecule has 3 nitrogen and oxygen atoms in total. The van der Waals surface area contributed by atoms with E-state index in [0.29, 0.717) is 11.3 Å². The second-order valence-electron chi connectivity index (χ2n) is 2.26. The molecule has 1 atom stereocenters. The fraction of sp³-hybridized carbons (Fsp3) is 0.429. The number of hydrogen-bond acceptors (Lipinski definition) is 4. The Morgan fingerprint density at radius 2 is 2.64 bits per heavy atom. The molecule has 0 unspecified atom stereocenters. The minimum atomic E-state index is -0.365. The highest BCUT2D eigenvalue weighted by Gasteiger charge is 2.14. The van der Waals surface area contributed by atoms with Crippen LogP contribution in [0.1, 0.15) is 23.0 Å². The molecule has 1 heterocycles. The summed E-state index contributed by atoms with van der Waals surface area (Å²) in [6.07, 6.45) is 2.29. The molecule has 11 heavy (non-hydrogen) atoms. The van der Waals surface area contributed by atoms with Crippen molar-refractivity contribution in [3.05, 3.63) is 17.1 Å². The van der Waals surface area contributed by atoms with Crippen molar-refractivity contribution in [1.29, 1.82) is 0 Å². The molecule has 1 rings (SSSR count). The molecule has 2 N–H and O–H groups in total. The van der Waals surface area contributed by atoms with Gasteiger partial charge in [0.2, 0.25) is 0 Å². The van der Waals surface area contributed by atoms with Crippen molar-refractivity contribution in [2.45, 2.75) is 19.4 Å². The lowest BCUT2D eigenvalue weighted by atomic mass is 10.1. The first-order chi connectivity index (χ1) is 5.25. The van der Waals surface area contributed by atoms with Crippen LogP contribution in [-0.2, 0) is 0 Å². The molecule has 0 spiro atoms. The van der Waals surface area contributed by atoms with Crippen molar-refractivity contribution in [1.82, 2.24) is 4.37 Å². The van der Waals surface area contributed by atoms with E-state index in [1.807, 2.05) is 6.92 Å². The number of rotatable bonds is 3. The number of aromatic nitrogens is 1. The van der Waals surface area contributed by atoms with Crippen molar-refractivity contribution >= 4 is 17.3 Å². The largest absolute Gasteiger partial charge is 0.321 e. The van der Waals surface area contributed by atoms with Crippen LogP contribution in [0.25, 0.3) is 0 Å². The van der Waals surface area contributed by atoms with Gasteiger partial charge in [-0.25, -0.2) is 4.37 Å². The first kappa shape index (κ1) is 8.36. The smallest absolute Gasteiger partial charge is 0.191 e. The molecule has 0 radical (unpaired) electrons. The van der Waals surface area contributed by atoms with E-state index >= 15 is 0 Å². The second-order valence-corrected chi connectivity index (χ2v) is 3.09. The Hall–Kier alpha value is -0.740. The monoisotopic (exact) mass is 170 g/mol. The van der Waals surface area contributed by atoms with E-state index < -0.39 is 0 Å². The first-order valence-electron chi connectivity index (χ1n) is 3.46. The summed E-state index contributed by atoms with van der Waals surface area (Å²) in [7, 11) is 0. The van der Waals surface area contributed by atoms with E-state index in [-0.39, 0.29) is 11.8 Å². The molecular formula is C7H10N2OS. The number of Topliss-reactive ketones (excluding diaryl/α,β-unsaturated/α-hetero) is 1. The molecule has 60 valence electrons. The fourth-order valence-electron chi connectivity index (χ4n) is 0.711. The van der Waals surface area contributed by atoms with Gasteiger partial charge in [0.05, 0.1) is 10.9 Å². The Morgan fingerprint density at radius 1 is 1.91 bits per heavy atom. The van der Waals surface area contributed by atoms with Gasteiger partial charge in [-0.3, -0.25) is 4.79 Å². The van der Waals surface area contributed by atoms with Crippen molar-refractivity contribution in [3.63, 3.8) is 0 Å². The summed E-state index contributed by atoms with van der Waals surface area (Å²) in [5.74, 6) is -0.00463. The minimum Gasteiger partial charge on any atom is -0.321 e. The molecule has 0 aromatic carbocycles. The van der Waals surface area contributed by atoms with E-state index in [1.165, 1.54) is 11.5 Å². The van der Waals surface area contributed by atoms with Gasteiger partial charge in [0.15, 0.2) is 5.78 Å². The maximum Gasteiger partial charge on any atom is 0.191 e. The Balaban J connectivity index is 2.70. The van der Waals surface area contributed by atoms with Crippen LogP contribution in [0.3, 0.4) is 0 Å². The lowest BCUT2D eigenvalue weighted by Crippen LogP contribution is -2.28. The standard InChI is InChI=1S/C7H10N2OS/c1-2-5(8)7(10)6-3-4-9-11-6/h3-5H,2,8H2,1H3/t5-/m0/s1. The molecule has 0 bridgehead atoms. The highest BCUT2D eigenvalue weighted by atomic mass is 32.1. The lowest BCUT2D eigenvalue weighted by molar-refractivity contribution is 0.0963. The summed E-state index contributed by atoms with van der Waals surface area (Å²) in [4.78, 5) is 11.9. The van der Waals surface area contributed by atoms with Gasteiger partial charge in [-0.15, -0.1) is 0 Å². The van der Waals surface area contributed by atoms with Crippen LogP contribution in [0.2, 0.25) is 0 Å². The van der Waals surface area contributed by atoms with Crippen LogP contribution >= 0.6 is 11.5 Å². The zero-order chi connectivity index (χ0) is 8.27. The molecule has 0 fully saturated rings. The number of carbonyl (C=O) groups is 1. The van der Waals surface area contributed by atoms with E-state index in [0.717, 1.165) is 0 Å². The molecule has 0 saturated heterocycles. The fourth-order valence-corrected chi connectivity index (χ4v) is 1.31. The van der Waals surface area contributed by atoms with Crippen LogP contribution in [0, 0.1) is 0 Å². The van der Waals surface area contributed by atoms with E-state index in [2.05, 4.69) is 4.37 Å². The summed E-state index contributed by atoms with van der Waals surface area (Å²) in [6.45, 7) is 1.89. The van der Waals surface area contributed by atoms with E-state index in [4.69, 9.17) is 5.73 Å². The molecule has 0 amide bonds. The second kappa shape index (κ2) is 3.59. The molecule has 1 aromatic rings. The van der Waals surface area contributed by atoms with Crippen molar-refractivity contribution in [2.75, 3.05) is 0 Å². The van der Waals surface area contributed by atoms with Gasteiger partial charge in [0.1, 0.15) is 0 Å². The molecule has 0 aliphatic heterocycles. The molecule has 0 aliphatic rings. The van der Waals surface area contributed by atoms with E-state index in [1.54, 1.807) is 12.3 Å². The molecule has 4 heteroatoms.